The van der Waals surface area contributed by atoms with E-state index in [1.54, 1.807) is 43.0 Å². The summed E-state index contributed by atoms with van der Waals surface area (Å²) in [6.45, 7) is 3.27. The Bertz CT molecular complexity index is 1500. The fraction of sp³-hybridized carbons (Fsp3) is 0.231. The Morgan fingerprint density at radius 3 is 2.50 bits per heavy atom. The minimum Gasteiger partial charge on any atom is -0.480 e. The van der Waals surface area contributed by atoms with Crippen molar-refractivity contribution >= 4 is 23.6 Å². The number of fused-ring (bicyclic) bond motifs is 1. The van der Waals surface area contributed by atoms with Gasteiger partial charge in [-0.15, -0.1) is 0 Å². The molecule has 0 aliphatic heterocycles. The third-order valence-corrected chi connectivity index (χ3v) is 6.14. The topological polar surface area (TPSA) is 150 Å². The van der Waals surface area contributed by atoms with Crippen molar-refractivity contribution in [2.24, 2.45) is 0 Å². The van der Waals surface area contributed by atoms with Gasteiger partial charge in [-0.3, -0.25) is 14.5 Å². The summed E-state index contributed by atoms with van der Waals surface area (Å²) in [7, 11) is 0. The molecule has 1 amide bonds. The Morgan fingerprint density at radius 2 is 1.84 bits per heavy atom. The number of aryl methyl sites for hydroxylation is 1. The number of benzene rings is 2. The minimum atomic E-state index is -1.06. The number of nitrogens with one attached hydrogen (secondary N) is 1. The lowest BCUT2D eigenvalue weighted by molar-refractivity contribution is -0.139. The van der Waals surface area contributed by atoms with Crippen LogP contribution in [0.15, 0.2) is 54.9 Å². The number of hydrogen-bond donors (Lipinski definition) is 3. The van der Waals surface area contributed by atoms with Gasteiger partial charge < -0.3 is 15.5 Å². The number of halogens is 1. The Balaban J connectivity index is 1.59. The van der Waals surface area contributed by atoms with Crippen LogP contribution in [0, 0.1) is 12.7 Å². The van der Waals surface area contributed by atoms with Crippen molar-refractivity contribution < 1.29 is 29.0 Å². The molecule has 196 valence electrons. The maximum absolute atomic E-state index is 13.9. The van der Waals surface area contributed by atoms with Crippen molar-refractivity contribution in [3.63, 3.8) is 0 Å². The fourth-order valence-corrected chi connectivity index (χ4v) is 3.95. The molecule has 2 aromatic heterocycles. The summed E-state index contributed by atoms with van der Waals surface area (Å²) in [5, 5.41) is 25.6. The average Bonchev–Trinajstić information content (AvgIpc) is 3.37. The summed E-state index contributed by atoms with van der Waals surface area (Å²) < 4.78 is 15.3. The number of carbonyl (C=O) groups is 3. The van der Waals surface area contributed by atoms with Crippen LogP contribution in [-0.2, 0) is 17.9 Å². The lowest BCUT2D eigenvalue weighted by atomic mass is 10.0. The highest BCUT2D eigenvalue weighted by Gasteiger charge is 2.22. The van der Waals surface area contributed by atoms with Crippen LogP contribution >= 0.6 is 0 Å². The van der Waals surface area contributed by atoms with E-state index in [0.717, 1.165) is 0 Å². The molecule has 0 aliphatic carbocycles. The Labute approximate surface area is 216 Å². The molecule has 4 rings (SSSR count). The number of aromatic carboxylic acids is 1. The summed E-state index contributed by atoms with van der Waals surface area (Å²) in [5.41, 5.74) is 2.43. The molecule has 0 unspecified atom stereocenters. The summed E-state index contributed by atoms with van der Waals surface area (Å²) in [6, 6.07) is 12.0. The summed E-state index contributed by atoms with van der Waals surface area (Å²) in [5.74, 6) is -2.85. The summed E-state index contributed by atoms with van der Waals surface area (Å²) in [4.78, 5) is 45.7. The van der Waals surface area contributed by atoms with E-state index in [9.17, 15) is 23.9 Å². The third-order valence-electron chi connectivity index (χ3n) is 6.14. The van der Waals surface area contributed by atoms with Crippen molar-refractivity contribution in [3.05, 3.63) is 94.3 Å². The van der Waals surface area contributed by atoms with Crippen molar-refractivity contribution in [3.8, 4) is 0 Å². The zero-order valence-corrected chi connectivity index (χ0v) is 20.6. The number of rotatable bonds is 10. The van der Waals surface area contributed by atoms with Crippen molar-refractivity contribution in [2.75, 3.05) is 6.54 Å². The van der Waals surface area contributed by atoms with Crippen LogP contribution in [0.4, 0.5) is 4.39 Å². The van der Waals surface area contributed by atoms with E-state index in [2.05, 4.69) is 20.4 Å². The van der Waals surface area contributed by atoms with E-state index in [0.29, 0.717) is 22.4 Å². The van der Waals surface area contributed by atoms with E-state index in [1.165, 1.54) is 35.1 Å². The highest BCUT2D eigenvalue weighted by Crippen LogP contribution is 2.23. The Morgan fingerprint density at radius 1 is 1.11 bits per heavy atom. The molecule has 0 bridgehead atoms. The molecule has 2 aromatic carbocycles. The molecule has 1 atom stereocenters. The zero-order valence-electron chi connectivity index (χ0n) is 20.6. The number of hydrogen-bond acceptors (Lipinski definition) is 7. The van der Waals surface area contributed by atoms with Crippen LogP contribution in [0.25, 0.3) is 5.78 Å². The molecule has 2 heterocycles. The second kappa shape index (κ2) is 11.1. The van der Waals surface area contributed by atoms with Gasteiger partial charge in [0.25, 0.3) is 11.7 Å². The third kappa shape index (κ3) is 5.98. The predicted molar refractivity (Wildman–Crippen MR) is 133 cm³/mol. The van der Waals surface area contributed by atoms with E-state index in [1.807, 2.05) is 0 Å². The molecule has 0 aliphatic rings. The van der Waals surface area contributed by atoms with E-state index in [4.69, 9.17) is 5.11 Å². The predicted octanol–water partition coefficient (Wildman–Crippen LogP) is 2.85. The Kier molecular flexibility index (Phi) is 7.72. The van der Waals surface area contributed by atoms with Crippen LogP contribution in [0.1, 0.15) is 56.2 Å². The van der Waals surface area contributed by atoms with Gasteiger partial charge in [-0.05, 0) is 54.8 Å². The lowest BCUT2D eigenvalue weighted by Crippen LogP contribution is -2.33. The maximum atomic E-state index is 13.9. The molecule has 0 saturated heterocycles. The molecule has 11 nitrogen and oxygen atoms in total. The van der Waals surface area contributed by atoms with Crippen molar-refractivity contribution in [1.29, 1.82) is 0 Å². The van der Waals surface area contributed by atoms with Gasteiger partial charge in [-0.1, -0.05) is 24.3 Å². The summed E-state index contributed by atoms with van der Waals surface area (Å²) >= 11 is 0. The van der Waals surface area contributed by atoms with Crippen LogP contribution in [0.2, 0.25) is 0 Å². The van der Waals surface area contributed by atoms with Gasteiger partial charge in [0.05, 0.1) is 17.8 Å². The van der Waals surface area contributed by atoms with Crippen molar-refractivity contribution in [2.45, 2.75) is 33.0 Å². The first-order chi connectivity index (χ1) is 18.1. The zero-order chi connectivity index (χ0) is 27.4. The van der Waals surface area contributed by atoms with Gasteiger partial charge in [0, 0.05) is 19.1 Å². The largest absolute Gasteiger partial charge is 0.480 e. The average molecular weight is 521 g/mol. The molecule has 0 spiro atoms. The van der Waals surface area contributed by atoms with Gasteiger partial charge in [0.15, 0.2) is 0 Å². The molecule has 0 radical (unpaired) electrons. The number of aliphatic carboxylic acids is 1. The van der Waals surface area contributed by atoms with Crippen molar-refractivity contribution in [1.82, 2.24) is 29.8 Å². The van der Waals surface area contributed by atoms with E-state index in [-0.39, 0.29) is 42.5 Å². The first-order valence-corrected chi connectivity index (χ1v) is 11.6. The number of carboxylic acids is 2. The van der Waals surface area contributed by atoms with E-state index < -0.39 is 23.9 Å². The minimum absolute atomic E-state index is 0.0434. The highest BCUT2D eigenvalue weighted by molar-refractivity contribution is 5.92. The number of aromatic nitrogens is 4. The number of amides is 1. The van der Waals surface area contributed by atoms with Crippen LogP contribution in [0.3, 0.4) is 0 Å². The molecule has 4 aromatic rings. The van der Waals surface area contributed by atoms with Crippen LogP contribution < -0.4 is 5.32 Å². The molecular weight excluding hydrogens is 495 g/mol. The molecular formula is C26H25FN6O5. The smallest absolute Gasteiger partial charge is 0.335 e. The van der Waals surface area contributed by atoms with E-state index >= 15 is 0 Å². The van der Waals surface area contributed by atoms with Crippen LogP contribution in [0.5, 0.6) is 0 Å². The molecule has 38 heavy (non-hydrogen) atoms. The SMILES string of the molecule is Cc1ccc(CNC(=O)c2cc(CN(CC(=O)O)[C@@H](C)c3ccc(C(=O)O)cc3)n3ncnc3n2)cc1F. The maximum Gasteiger partial charge on any atom is 0.335 e. The molecule has 0 fully saturated rings. The van der Waals surface area contributed by atoms with Gasteiger partial charge in [0.2, 0.25) is 0 Å². The lowest BCUT2D eigenvalue weighted by Gasteiger charge is -2.28. The van der Waals surface area contributed by atoms with Gasteiger partial charge in [-0.25, -0.2) is 18.7 Å². The summed E-state index contributed by atoms with van der Waals surface area (Å²) in [6.07, 6.45) is 1.28. The highest BCUT2D eigenvalue weighted by atomic mass is 19.1. The van der Waals surface area contributed by atoms with Crippen LogP contribution in [-0.4, -0.2) is 59.1 Å². The second-order valence-electron chi connectivity index (χ2n) is 8.77. The monoisotopic (exact) mass is 520 g/mol. The second-order valence-corrected chi connectivity index (χ2v) is 8.77. The Hall–Kier alpha value is -4.71. The number of carboxylic acid groups (broad SMARTS) is 2. The number of carbonyl (C=O) groups excluding carboxylic acids is 1. The standard InChI is InChI=1S/C26H25FN6O5/c1-15-3-4-17(9-21(15)27)11-28-24(36)22-10-20(33-26(31-22)29-14-30-33)12-32(13-23(34)35)16(2)18-5-7-19(8-6-18)25(37)38/h3-10,14,16H,11-13H2,1-2H3,(H,28,36)(H,34,35)(H,37,38)/t16-/m0/s1. The number of nitrogens with zero attached hydrogens (tertiary/aromatic N) is 5. The first-order valence-electron chi connectivity index (χ1n) is 11.6. The first kappa shape index (κ1) is 26.4. The molecule has 12 heteroatoms. The molecule has 0 saturated carbocycles. The van der Waals surface area contributed by atoms with Gasteiger partial charge in [0.1, 0.15) is 17.8 Å². The normalized spacial score (nSPS) is 12.0. The quantitative estimate of drug-likeness (QED) is 0.287. The molecule has 3 N–H and O–H groups in total. The van der Waals surface area contributed by atoms with Gasteiger partial charge >= 0.3 is 11.9 Å². The fourth-order valence-electron chi connectivity index (χ4n) is 3.95. The van der Waals surface area contributed by atoms with Gasteiger partial charge in [-0.2, -0.15) is 10.1 Å².